The van der Waals surface area contributed by atoms with Crippen LogP contribution < -0.4 is 10.1 Å². The molecular weight excluding hydrogens is 269 g/mol. The maximum Gasteiger partial charge on any atom is 0.255 e. The molecule has 2 rings (SSSR count). The molecule has 0 fully saturated rings. The summed E-state index contributed by atoms with van der Waals surface area (Å²) in [4.78, 5) is 11.9. The van der Waals surface area contributed by atoms with Crippen LogP contribution >= 0.6 is 11.6 Å². The average molecular weight is 280 g/mol. The molecular formula is C14H11ClFNO2. The Morgan fingerprint density at radius 2 is 1.89 bits per heavy atom. The number of hydrogen-bond donors (Lipinski definition) is 1. The zero-order valence-electron chi connectivity index (χ0n) is 10.1. The number of ether oxygens (including phenoxy) is 1. The summed E-state index contributed by atoms with van der Waals surface area (Å²) in [6.45, 7) is 0. The molecule has 0 radical (unpaired) electrons. The molecule has 0 aliphatic carbocycles. The molecule has 0 aromatic heterocycles. The molecule has 0 aliphatic heterocycles. The molecule has 0 spiro atoms. The van der Waals surface area contributed by atoms with E-state index in [0.29, 0.717) is 22.0 Å². The van der Waals surface area contributed by atoms with Gasteiger partial charge in [-0.1, -0.05) is 11.6 Å². The molecule has 98 valence electrons. The zero-order chi connectivity index (χ0) is 13.8. The summed E-state index contributed by atoms with van der Waals surface area (Å²) in [6, 6.07) is 10.2. The SMILES string of the molecule is COc1ccc(Cl)c(NC(=O)c2ccc(F)cc2)c1. The predicted octanol–water partition coefficient (Wildman–Crippen LogP) is 3.74. The highest BCUT2D eigenvalue weighted by Crippen LogP contribution is 2.27. The van der Waals surface area contributed by atoms with Crippen molar-refractivity contribution >= 4 is 23.2 Å². The fourth-order valence-corrected chi connectivity index (χ4v) is 1.69. The Kier molecular flexibility index (Phi) is 4.02. The molecule has 5 heteroatoms. The van der Waals surface area contributed by atoms with Crippen molar-refractivity contribution < 1.29 is 13.9 Å². The Hall–Kier alpha value is -2.07. The molecule has 2 aromatic carbocycles. The highest BCUT2D eigenvalue weighted by atomic mass is 35.5. The lowest BCUT2D eigenvalue weighted by molar-refractivity contribution is 0.102. The van der Waals surface area contributed by atoms with Crippen molar-refractivity contribution in [3.05, 3.63) is 58.9 Å². The standard InChI is InChI=1S/C14H11ClFNO2/c1-19-11-6-7-12(15)13(8-11)17-14(18)9-2-4-10(16)5-3-9/h2-8H,1H3,(H,17,18). The van der Waals surface area contributed by atoms with E-state index in [0.717, 1.165) is 0 Å². The Morgan fingerprint density at radius 1 is 1.21 bits per heavy atom. The van der Waals surface area contributed by atoms with Crippen molar-refractivity contribution in [3.8, 4) is 5.75 Å². The van der Waals surface area contributed by atoms with Crippen LogP contribution in [-0.2, 0) is 0 Å². The highest BCUT2D eigenvalue weighted by Gasteiger charge is 2.09. The first-order valence-corrected chi connectivity index (χ1v) is 5.88. The average Bonchev–Trinajstić information content (AvgIpc) is 2.42. The van der Waals surface area contributed by atoms with E-state index in [-0.39, 0.29) is 5.91 Å². The van der Waals surface area contributed by atoms with Crippen LogP contribution in [-0.4, -0.2) is 13.0 Å². The quantitative estimate of drug-likeness (QED) is 0.929. The van der Waals surface area contributed by atoms with Crippen LogP contribution in [0.5, 0.6) is 5.75 Å². The number of anilines is 1. The van der Waals surface area contributed by atoms with E-state index in [9.17, 15) is 9.18 Å². The molecule has 0 aliphatic rings. The van der Waals surface area contributed by atoms with Crippen LogP contribution in [0.25, 0.3) is 0 Å². The lowest BCUT2D eigenvalue weighted by Gasteiger charge is -2.09. The maximum absolute atomic E-state index is 12.8. The minimum Gasteiger partial charge on any atom is -0.497 e. The van der Waals surface area contributed by atoms with Crippen LogP contribution in [0.4, 0.5) is 10.1 Å². The van der Waals surface area contributed by atoms with Gasteiger partial charge in [-0.05, 0) is 36.4 Å². The number of hydrogen-bond acceptors (Lipinski definition) is 2. The highest BCUT2D eigenvalue weighted by molar-refractivity contribution is 6.34. The van der Waals surface area contributed by atoms with E-state index >= 15 is 0 Å². The second-order valence-electron chi connectivity index (χ2n) is 3.81. The summed E-state index contributed by atoms with van der Waals surface area (Å²) in [6.07, 6.45) is 0. The van der Waals surface area contributed by atoms with E-state index in [1.54, 1.807) is 18.2 Å². The fraction of sp³-hybridized carbons (Fsp3) is 0.0714. The smallest absolute Gasteiger partial charge is 0.255 e. The number of carbonyl (C=O) groups excluding carboxylic acids is 1. The lowest BCUT2D eigenvalue weighted by atomic mass is 10.2. The van der Waals surface area contributed by atoms with Crippen molar-refractivity contribution in [2.75, 3.05) is 12.4 Å². The monoisotopic (exact) mass is 279 g/mol. The largest absolute Gasteiger partial charge is 0.497 e. The number of amides is 1. The zero-order valence-corrected chi connectivity index (χ0v) is 10.9. The van der Waals surface area contributed by atoms with Gasteiger partial charge in [0.1, 0.15) is 11.6 Å². The van der Waals surface area contributed by atoms with Gasteiger partial charge in [0.15, 0.2) is 0 Å². The van der Waals surface area contributed by atoms with E-state index in [4.69, 9.17) is 16.3 Å². The summed E-state index contributed by atoms with van der Waals surface area (Å²) in [5.41, 5.74) is 0.788. The first-order valence-electron chi connectivity index (χ1n) is 5.50. The topological polar surface area (TPSA) is 38.3 Å². The molecule has 0 heterocycles. The van der Waals surface area contributed by atoms with Gasteiger partial charge in [0, 0.05) is 11.6 Å². The van der Waals surface area contributed by atoms with Crippen molar-refractivity contribution in [1.82, 2.24) is 0 Å². The van der Waals surface area contributed by atoms with E-state index in [2.05, 4.69) is 5.32 Å². The number of benzene rings is 2. The number of carbonyl (C=O) groups is 1. The van der Waals surface area contributed by atoms with E-state index in [1.165, 1.54) is 31.4 Å². The van der Waals surface area contributed by atoms with E-state index in [1.807, 2.05) is 0 Å². The molecule has 3 nitrogen and oxygen atoms in total. The Balaban J connectivity index is 2.21. The van der Waals surface area contributed by atoms with Crippen molar-refractivity contribution in [2.45, 2.75) is 0 Å². The number of nitrogens with one attached hydrogen (secondary N) is 1. The third-order valence-corrected chi connectivity index (χ3v) is 2.86. The Labute approximate surface area is 115 Å². The summed E-state index contributed by atoms with van der Waals surface area (Å²) in [5, 5.41) is 3.05. The molecule has 1 amide bonds. The number of rotatable bonds is 3. The molecule has 0 atom stereocenters. The molecule has 0 saturated carbocycles. The van der Waals surface area contributed by atoms with Crippen molar-refractivity contribution in [1.29, 1.82) is 0 Å². The summed E-state index contributed by atoms with van der Waals surface area (Å²) in [7, 11) is 1.52. The molecule has 0 saturated heterocycles. The molecule has 2 aromatic rings. The number of halogens is 2. The van der Waals surface area contributed by atoms with Gasteiger partial charge in [-0.15, -0.1) is 0 Å². The number of methoxy groups -OCH3 is 1. The summed E-state index contributed by atoms with van der Waals surface area (Å²) in [5.74, 6) is -0.176. The second kappa shape index (κ2) is 5.71. The van der Waals surface area contributed by atoms with Gasteiger partial charge in [-0.2, -0.15) is 0 Å². The molecule has 0 bridgehead atoms. The minimum atomic E-state index is -0.393. The Morgan fingerprint density at radius 3 is 2.53 bits per heavy atom. The van der Waals surface area contributed by atoms with E-state index < -0.39 is 5.82 Å². The van der Waals surface area contributed by atoms with Crippen molar-refractivity contribution in [3.63, 3.8) is 0 Å². The van der Waals surface area contributed by atoms with Gasteiger partial charge >= 0.3 is 0 Å². The predicted molar refractivity (Wildman–Crippen MR) is 72.4 cm³/mol. The van der Waals surface area contributed by atoms with Crippen LogP contribution in [0.1, 0.15) is 10.4 Å². The van der Waals surface area contributed by atoms with Gasteiger partial charge in [0.05, 0.1) is 17.8 Å². The maximum atomic E-state index is 12.8. The third kappa shape index (κ3) is 3.23. The molecule has 0 unspecified atom stereocenters. The van der Waals surface area contributed by atoms with Gasteiger partial charge in [-0.25, -0.2) is 4.39 Å². The van der Waals surface area contributed by atoms with Gasteiger partial charge in [0.25, 0.3) is 5.91 Å². The first kappa shape index (κ1) is 13.4. The van der Waals surface area contributed by atoms with Gasteiger partial charge < -0.3 is 10.1 Å². The minimum absolute atomic E-state index is 0.347. The van der Waals surface area contributed by atoms with Crippen LogP contribution in [0.3, 0.4) is 0 Å². The summed E-state index contributed by atoms with van der Waals surface area (Å²) < 4.78 is 17.8. The van der Waals surface area contributed by atoms with Crippen molar-refractivity contribution in [2.24, 2.45) is 0 Å². The third-order valence-electron chi connectivity index (χ3n) is 2.53. The molecule has 1 N–H and O–H groups in total. The van der Waals surface area contributed by atoms with Crippen LogP contribution in [0.15, 0.2) is 42.5 Å². The first-order chi connectivity index (χ1) is 9.10. The fourth-order valence-electron chi connectivity index (χ4n) is 1.52. The summed E-state index contributed by atoms with van der Waals surface area (Å²) >= 11 is 5.98. The van der Waals surface area contributed by atoms with Crippen LogP contribution in [0, 0.1) is 5.82 Å². The lowest BCUT2D eigenvalue weighted by Crippen LogP contribution is -2.12. The molecule has 19 heavy (non-hydrogen) atoms. The van der Waals surface area contributed by atoms with Gasteiger partial charge in [-0.3, -0.25) is 4.79 Å². The normalized spacial score (nSPS) is 10.1. The van der Waals surface area contributed by atoms with Crippen LogP contribution in [0.2, 0.25) is 5.02 Å². The van der Waals surface area contributed by atoms with Gasteiger partial charge in [0.2, 0.25) is 0 Å². The Bertz CT molecular complexity index is 599. The second-order valence-corrected chi connectivity index (χ2v) is 4.21.